The first kappa shape index (κ1) is 14.0. The minimum atomic E-state index is -0.141. The Kier molecular flexibility index (Phi) is 4.69. The van der Waals surface area contributed by atoms with Gasteiger partial charge < -0.3 is 4.90 Å². The molecule has 0 atom stereocenters. The molecule has 3 heteroatoms. The van der Waals surface area contributed by atoms with E-state index in [1.54, 1.807) is 12.1 Å². The quantitative estimate of drug-likeness (QED) is 0.836. The molecular formula is C17H25FN2. The summed E-state index contributed by atoms with van der Waals surface area (Å²) in [5.74, 6) is -0.141. The van der Waals surface area contributed by atoms with Gasteiger partial charge >= 0.3 is 0 Å². The van der Waals surface area contributed by atoms with Crippen molar-refractivity contribution in [1.82, 2.24) is 9.80 Å². The standard InChI is InChI=1S/C17H25FN2/c18-16-6-4-15(5-7-16)14-19-12-8-17(9-13-19)20-10-2-1-3-11-20/h4-7,17H,1-3,8-14H2. The molecule has 0 spiro atoms. The van der Waals surface area contributed by atoms with Crippen molar-refractivity contribution in [3.8, 4) is 0 Å². The van der Waals surface area contributed by atoms with E-state index in [-0.39, 0.29) is 5.82 Å². The first-order valence-electron chi connectivity index (χ1n) is 8.02. The highest BCUT2D eigenvalue weighted by Gasteiger charge is 2.25. The normalized spacial score (nSPS) is 23.1. The molecule has 2 aliphatic heterocycles. The van der Waals surface area contributed by atoms with Crippen LogP contribution in [0.1, 0.15) is 37.7 Å². The molecule has 110 valence electrons. The number of hydrogen-bond donors (Lipinski definition) is 0. The summed E-state index contributed by atoms with van der Waals surface area (Å²) in [4.78, 5) is 5.21. The van der Waals surface area contributed by atoms with Crippen LogP contribution in [-0.2, 0) is 6.54 Å². The first-order chi connectivity index (χ1) is 9.81. The van der Waals surface area contributed by atoms with Crippen molar-refractivity contribution in [1.29, 1.82) is 0 Å². The van der Waals surface area contributed by atoms with E-state index in [1.165, 1.54) is 63.8 Å². The highest BCUT2D eigenvalue weighted by atomic mass is 19.1. The number of halogens is 1. The maximum absolute atomic E-state index is 12.9. The van der Waals surface area contributed by atoms with Crippen LogP contribution in [0.4, 0.5) is 4.39 Å². The van der Waals surface area contributed by atoms with Gasteiger partial charge in [-0.25, -0.2) is 4.39 Å². The van der Waals surface area contributed by atoms with Crippen LogP contribution in [0.3, 0.4) is 0 Å². The van der Waals surface area contributed by atoms with E-state index >= 15 is 0 Å². The van der Waals surface area contributed by atoms with Crippen molar-refractivity contribution in [2.75, 3.05) is 26.2 Å². The molecule has 1 aromatic carbocycles. The third kappa shape index (κ3) is 3.58. The molecule has 0 bridgehead atoms. The Labute approximate surface area is 121 Å². The molecule has 2 nitrogen and oxygen atoms in total. The lowest BCUT2D eigenvalue weighted by Gasteiger charge is -2.40. The fourth-order valence-corrected chi connectivity index (χ4v) is 3.57. The second-order valence-electron chi connectivity index (χ2n) is 6.23. The summed E-state index contributed by atoms with van der Waals surface area (Å²) in [6.07, 6.45) is 6.77. The minimum Gasteiger partial charge on any atom is -0.300 e. The summed E-state index contributed by atoms with van der Waals surface area (Å²) < 4.78 is 12.9. The first-order valence-corrected chi connectivity index (χ1v) is 8.02. The number of rotatable bonds is 3. The fourth-order valence-electron chi connectivity index (χ4n) is 3.57. The number of hydrogen-bond acceptors (Lipinski definition) is 2. The Hall–Kier alpha value is -0.930. The second-order valence-corrected chi connectivity index (χ2v) is 6.23. The van der Waals surface area contributed by atoms with Crippen LogP contribution < -0.4 is 0 Å². The number of nitrogens with zero attached hydrogens (tertiary/aromatic N) is 2. The average Bonchev–Trinajstić information content (AvgIpc) is 2.51. The highest BCUT2D eigenvalue weighted by molar-refractivity contribution is 5.16. The zero-order valence-electron chi connectivity index (χ0n) is 12.2. The molecule has 2 saturated heterocycles. The van der Waals surface area contributed by atoms with E-state index in [4.69, 9.17) is 0 Å². The average molecular weight is 276 g/mol. The SMILES string of the molecule is Fc1ccc(CN2CCC(N3CCCCC3)CC2)cc1. The maximum Gasteiger partial charge on any atom is 0.123 e. The van der Waals surface area contributed by atoms with E-state index < -0.39 is 0 Å². The molecule has 2 heterocycles. The third-order valence-corrected chi connectivity index (χ3v) is 4.78. The predicted octanol–water partition coefficient (Wildman–Crippen LogP) is 3.28. The molecule has 0 saturated carbocycles. The van der Waals surface area contributed by atoms with Crippen LogP contribution in [0, 0.1) is 5.82 Å². The topological polar surface area (TPSA) is 6.48 Å². The molecule has 0 aromatic heterocycles. The molecular weight excluding hydrogens is 251 g/mol. The van der Waals surface area contributed by atoms with E-state index in [0.29, 0.717) is 0 Å². The van der Waals surface area contributed by atoms with E-state index in [2.05, 4.69) is 9.80 Å². The third-order valence-electron chi connectivity index (χ3n) is 4.78. The Balaban J connectivity index is 1.47. The number of piperidine rings is 2. The zero-order valence-corrected chi connectivity index (χ0v) is 12.2. The van der Waals surface area contributed by atoms with Crippen LogP contribution in [0.5, 0.6) is 0 Å². The molecule has 2 aliphatic rings. The lowest BCUT2D eigenvalue weighted by molar-refractivity contribution is 0.0896. The van der Waals surface area contributed by atoms with Gasteiger partial charge in [0.1, 0.15) is 5.82 Å². The van der Waals surface area contributed by atoms with Gasteiger partial charge in [-0.3, -0.25) is 4.90 Å². The van der Waals surface area contributed by atoms with Gasteiger partial charge in [-0.05, 0) is 69.6 Å². The van der Waals surface area contributed by atoms with Crippen LogP contribution in [-0.4, -0.2) is 42.0 Å². The van der Waals surface area contributed by atoms with Gasteiger partial charge in [0.25, 0.3) is 0 Å². The summed E-state index contributed by atoms with van der Waals surface area (Å²) in [5.41, 5.74) is 1.22. The van der Waals surface area contributed by atoms with Crippen molar-refractivity contribution in [3.63, 3.8) is 0 Å². The summed E-state index contributed by atoms with van der Waals surface area (Å²) >= 11 is 0. The van der Waals surface area contributed by atoms with Gasteiger partial charge in [-0.1, -0.05) is 18.6 Å². The molecule has 0 unspecified atom stereocenters. The molecule has 0 radical (unpaired) electrons. The number of likely N-dealkylation sites (tertiary alicyclic amines) is 2. The molecule has 20 heavy (non-hydrogen) atoms. The zero-order chi connectivity index (χ0) is 13.8. The van der Waals surface area contributed by atoms with E-state index in [9.17, 15) is 4.39 Å². The van der Waals surface area contributed by atoms with Crippen molar-refractivity contribution in [3.05, 3.63) is 35.6 Å². The van der Waals surface area contributed by atoms with Crippen molar-refractivity contribution < 1.29 is 4.39 Å². The lowest BCUT2D eigenvalue weighted by atomic mass is 9.99. The summed E-state index contributed by atoms with van der Waals surface area (Å²) in [6.45, 7) is 5.94. The Morgan fingerprint density at radius 3 is 2.20 bits per heavy atom. The monoisotopic (exact) mass is 276 g/mol. The molecule has 0 aliphatic carbocycles. The molecule has 0 amide bonds. The summed E-state index contributed by atoms with van der Waals surface area (Å²) in [5, 5.41) is 0. The van der Waals surface area contributed by atoms with Crippen LogP contribution in [0.25, 0.3) is 0 Å². The van der Waals surface area contributed by atoms with Gasteiger partial charge in [0, 0.05) is 12.6 Å². The fraction of sp³-hybridized carbons (Fsp3) is 0.647. The van der Waals surface area contributed by atoms with Crippen LogP contribution in [0.15, 0.2) is 24.3 Å². The summed E-state index contributed by atoms with van der Waals surface area (Å²) in [6, 6.07) is 7.75. The van der Waals surface area contributed by atoms with Crippen LogP contribution in [0.2, 0.25) is 0 Å². The maximum atomic E-state index is 12.9. The molecule has 0 N–H and O–H groups in total. The smallest absolute Gasteiger partial charge is 0.123 e. The van der Waals surface area contributed by atoms with E-state index in [1.807, 2.05) is 12.1 Å². The van der Waals surface area contributed by atoms with Gasteiger partial charge in [-0.15, -0.1) is 0 Å². The van der Waals surface area contributed by atoms with Gasteiger partial charge in [0.05, 0.1) is 0 Å². The Bertz CT molecular complexity index is 404. The lowest BCUT2D eigenvalue weighted by Crippen LogP contribution is -2.46. The Morgan fingerprint density at radius 2 is 1.55 bits per heavy atom. The largest absolute Gasteiger partial charge is 0.300 e. The van der Waals surface area contributed by atoms with Crippen molar-refractivity contribution in [2.24, 2.45) is 0 Å². The number of benzene rings is 1. The Morgan fingerprint density at radius 1 is 0.900 bits per heavy atom. The highest BCUT2D eigenvalue weighted by Crippen LogP contribution is 2.21. The minimum absolute atomic E-state index is 0.141. The molecule has 3 rings (SSSR count). The van der Waals surface area contributed by atoms with Gasteiger partial charge in [0.15, 0.2) is 0 Å². The van der Waals surface area contributed by atoms with Crippen molar-refractivity contribution >= 4 is 0 Å². The molecule has 1 aromatic rings. The van der Waals surface area contributed by atoms with Gasteiger partial charge in [0.2, 0.25) is 0 Å². The van der Waals surface area contributed by atoms with Crippen LogP contribution >= 0.6 is 0 Å². The van der Waals surface area contributed by atoms with Crippen molar-refractivity contribution in [2.45, 2.75) is 44.7 Å². The van der Waals surface area contributed by atoms with Gasteiger partial charge in [-0.2, -0.15) is 0 Å². The van der Waals surface area contributed by atoms with E-state index in [0.717, 1.165) is 12.6 Å². The second kappa shape index (κ2) is 6.68. The summed E-state index contributed by atoms with van der Waals surface area (Å²) in [7, 11) is 0. The predicted molar refractivity (Wildman–Crippen MR) is 80.1 cm³/mol. The molecule has 2 fully saturated rings.